The molecule has 1 aliphatic rings. The number of hydrogen-bond acceptors (Lipinski definition) is 3. The Hall–Kier alpha value is -2.82. The standard InChI is InChI=1S/C16H15N3O2/c17-16(20)19-18-13-10-15(11-6-2-1-3-7-11)21-14-9-5-4-8-12(13)14/h1-9,15H,10H2,(H3,17,19,20)/b18-13-/t15-/m1/s1. The first-order valence-corrected chi connectivity index (χ1v) is 6.67. The van der Waals surface area contributed by atoms with Gasteiger partial charge in [0.05, 0.1) is 5.71 Å². The fraction of sp³-hybridized carbons (Fsp3) is 0.125. The molecule has 3 N–H and O–H groups in total. The van der Waals surface area contributed by atoms with Crippen molar-refractivity contribution in [1.82, 2.24) is 5.43 Å². The van der Waals surface area contributed by atoms with E-state index in [2.05, 4.69) is 10.5 Å². The third kappa shape index (κ3) is 2.86. The van der Waals surface area contributed by atoms with E-state index in [9.17, 15) is 4.79 Å². The van der Waals surface area contributed by atoms with E-state index in [1.54, 1.807) is 0 Å². The molecule has 0 aromatic heterocycles. The van der Waals surface area contributed by atoms with Crippen LogP contribution in [0, 0.1) is 0 Å². The molecule has 0 spiro atoms. The molecule has 0 aliphatic carbocycles. The van der Waals surface area contributed by atoms with Crippen LogP contribution in [-0.2, 0) is 0 Å². The van der Waals surface area contributed by atoms with Crippen molar-refractivity contribution in [2.24, 2.45) is 10.8 Å². The molecule has 1 atom stereocenters. The van der Waals surface area contributed by atoms with Gasteiger partial charge in [-0.25, -0.2) is 10.2 Å². The van der Waals surface area contributed by atoms with Gasteiger partial charge in [0.2, 0.25) is 0 Å². The number of carbonyl (C=O) groups is 1. The van der Waals surface area contributed by atoms with Crippen molar-refractivity contribution in [3.63, 3.8) is 0 Å². The lowest BCUT2D eigenvalue weighted by Crippen LogP contribution is -2.28. The summed E-state index contributed by atoms with van der Waals surface area (Å²) >= 11 is 0. The Kier molecular flexibility index (Phi) is 3.55. The molecule has 2 aromatic carbocycles. The molecule has 0 bridgehead atoms. The summed E-state index contributed by atoms with van der Waals surface area (Å²) in [6.45, 7) is 0. The molecule has 2 amide bonds. The van der Waals surface area contributed by atoms with E-state index in [1.165, 1.54) is 0 Å². The summed E-state index contributed by atoms with van der Waals surface area (Å²) in [5, 5.41) is 4.11. The lowest BCUT2D eigenvalue weighted by atomic mass is 9.96. The highest BCUT2D eigenvalue weighted by Gasteiger charge is 2.26. The predicted octanol–water partition coefficient (Wildman–Crippen LogP) is 2.58. The van der Waals surface area contributed by atoms with Gasteiger partial charge in [-0.1, -0.05) is 42.5 Å². The minimum absolute atomic E-state index is 0.130. The van der Waals surface area contributed by atoms with Crippen molar-refractivity contribution >= 4 is 11.7 Å². The number of hydrazone groups is 1. The molecule has 5 heteroatoms. The van der Waals surface area contributed by atoms with Crippen LogP contribution < -0.4 is 15.9 Å². The van der Waals surface area contributed by atoms with Gasteiger partial charge in [0.15, 0.2) is 0 Å². The third-order valence-corrected chi connectivity index (χ3v) is 3.32. The summed E-state index contributed by atoms with van der Waals surface area (Å²) < 4.78 is 6.03. The van der Waals surface area contributed by atoms with E-state index in [1.807, 2.05) is 54.6 Å². The van der Waals surface area contributed by atoms with E-state index in [-0.39, 0.29) is 6.10 Å². The molecule has 0 radical (unpaired) electrons. The fourth-order valence-corrected chi connectivity index (χ4v) is 2.37. The van der Waals surface area contributed by atoms with Crippen molar-refractivity contribution in [3.8, 4) is 5.75 Å². The van der Waals surface area contributed by atoms with E-state index in [4.69, 9.17) is 10.5 Å². The number of carbonyl (C=O) groups excluding carboxylic acids is 1. The maximum Gasteiger partial charge on any atom is 0.332 e. The lowest BCUT2D eigenvalue weighted by Gasteiger charge is -2.27. The average molecular weight is 281 g/mol. The number of nitrogens with zero attached hydrogens (tertiary/aromatic N) is 1. The van der Waals surface area contributed by atoms with Gasteiger partial charge in [-0.05, 0) is 17.7 Å². The number of amides is 2. The zero-order valence-corrected chi connectivity index (χ0v) is 11.3. The van der Waals surface area contributed by atoms with Crippen molar-refractivity contribution < 1.29 is 9.53 Å². The second kappa shape index (κ2) is 5.66. The Balaban J connectivity index is 1.96. The molecule has 2 aromatic rings. The monoisotopic (exact) mass is 281 g/mol. The van der Waals surface area contributed by atoms with Gasteiger partial charge in [0.25, 0.3) is 0 Å². The first-order valence-electron chi connectivity index (χ1n) is 6.67. The van der Waals surface area contributed by atoms with Crippen molar-refractivity contribution in [2.75, 3.05) is 0 Å². The topological polar surface area (TPSA) is 76.7 Å². The van der Waals surface area contributed by atoms with Crippen LogP contribution in [0.2, 0.25) is 0 Å². The quantitative estimate of drug-likeness (QED) is 0.830. The van der Waals surface area contributed by atoms with E-state index < -0.39 is 6.03 Å². The number of benzene rings is 2. The smallest absolute Gasteiger partial charge is 0.332 e. The number of hydrogen-bond donors (Lipinski definition) is 2. The minimum Gasteiger partial charge on any atom is -0.485 e. The number of primary amides is 1. The lowest BCUT2D eigenvalue weighted by molar-refractivity contribution is 0.206. The molecule has 0 unspecified atom stereocenters. The molecule has 3 rings (SSSR count). The van der Waals surface area contributed by atoms with Crippen LogP contribution in [0.1, 0.15) is 23.7 Å². The van der Waals surface area contributed by atoms with Gasteiger partial charge in [-0.2, -0.15) is 5.10 Å². The van der Waals surface area contributed by atoms with Crippen molar-refractivity contribution in [1.29, 1.82) is 0 Å². The maximum atomic E-state index is 10.9. The molecule has 5 nitrogen and oxygen atoms in total. The second-order valence-electron chi connectivity index (χ2n) is 4.75. The summed E-state index contributed by atoms with van der Waals surface area (Å²) in [4.78, 5) is 10.9. The van der Waals surface area contributed by atoms with Gasteiger partial charge in [-0.15, -0.1) is 0 Å². The normalized spacial score (nSPS) is 18.7. The highest BCUT2D eigenvalue weighted by molar-refractivity contribution is 6.04. The summed E-state index contributed by atoms with van der Waals surface area (Å²) in [6, 6.07) is 16.9. The molecule has 1 aliphatic heterocycles. The summed E-state index contributed by atoms with van der Waals surface area (Å²) in [6.07, 6.45) is 0.441. The molecule has 0 saturated carbocycles. The van der Waals surface area contributed by atoms with Gasteiger partial charge in [-0.3, -0.25) is 0 Å². The zero-order chi connectivity index (χ0) is 14.7. The number of nitrogens with two attached hydrogens (primary N) is 1. The highest BCUT2D eigenvalue weighted by atomic mass is 16.5. The Morgan fingerprint density at radius 1 is 1.14 bits per heavy atom. The van der Waals surface area contributed by atoms with E-state index >= 15 is 0 Å². The van der Waals surface area contributed by atoms with Gasteiger partial charge in [0, 0.05) is 12.0 Å². The molecule has 21 heavy (non-hydrogen) atoms. The Morgan fingerprint density at radius 3 is 2.62 bits per heavy atom. The fourth-order valence-electron chi connectivity index (χ4n) is 2.37. The SMILES string of the molecule is NC(=O)N/N=C1/C[C@H](c2ccccc2)Oc2ccccc21. The zero-order valence-electron chi connectivity index (χ0n) is 11.3. The third-order valence-electron chi connectivity index (χ3n) is 3.32. The maximum absolute atomic E-state index is 10.9. The van der Waals surface area contributed by atoms with Crippen LogP contribution in [0.15, 0.2) is 59.7 Å². The molecular formula is C16H15N3O2. The van der Waals surface area contributed by atoms with Crippen molar-refractivity contribution in [3.05, 3.63) is 65.7 Å². The molecule has 106 valence electrons. The number of ether oxygens (including phenoxy) is 1. The molecule has 0 saturated heterocycles. The molecule has 0 fully saturated rings. The van der Waals surface area contributed by atoms with Crippen LogP contribution in [-0.4, -0.2) is 11.7 Å². The van der Waals surface area contributed by atoms with Crippen LogP contribution in [0.25, 0.3) is 0 Å². The van der Waals surface area contributed by atoms with Crippen LogP contribution in [0.3, 0.4) is 0 Å². The van der Waals surface area contributed by atoms with E-state index in [0.717, 1.165) is 22.6 Å². The number of fused-ring (bicyclic) bond motifs is 1. The number of rotatable bonds is 2. The van der Waals surface area contributed by atoms with Crippen LogP contribution in [0.4, 0.5) is 4.79 Å². The summed E-state index contributed by atoms with van der Waals surface area (Å²) in [5.41, 5.74) is 10.1. The Bertz CT molecular complexity index is 683. The minimum atomic E-state index is -0.678. The Morgan fingerprint density at radius 2 is 1.86 bits per heavy atom. The first-order chi connectivity index (χ1) is 10.2. The molecular weight excluding hydrogens is 266 g/mol. The van der Waals surface area contributed by atoms with Crippen LogP contribution >= 0.6 is 0 Å². The Labute approximate surface area is 122 Å². The van der Waals surface area contributed by atoms with Gasteiger partial charge in [0.1, 0.15) is 11.9 Å². The van der Waals surface area contributed by atoms with Gasteiger partial charge >= 0.3 is 6.03 Å². The number of urea groups is 1. The van der Waals surface area contributed by atoms with Crippen molar-refractivity contribution in [2.45, 2.75) is 12.5 Å². The number of nitrogens with one attached hydrogen (secondary N) is 1. The molecule has 1 heterocycles. The largest absolute Gasteiger partial charge is 0.485 e. The highest BCUT2D eigenvalue weighted by Crippen LogP contribution is 2.34. The first kappa shape index (κ1) is 13.2. The number of para-hydroxylation sites is 1. The summed E-state index contributed by atoms with van der Waals surface area (Å²) in [7, 11) is 0. The average Bonchev–Trinajstić information content (AvgIpc) is 2.53. The van der Waals surface area contributed by atoms with Crippen LogP contribution in [0.5, 0.6) is 5.75 Å². The predicted molar refractivity (Wildman–Crippen MR) is 80.1 cm³/mol. The second-order valence-corrected chi connectivity index (χ2v) is 4.75. The summed E-state index contributed by atoms with van der Waals surface area (Å²) in [5.74, 6) is 0.752. The van der Waals surface area contributed by atoms with E-state index in [0.29, 0.717) is 6.42 Å². The van der Waals surface area contributed by atoms with Gasteiger partial charge < -0.3 is 10.5 Å².